The number of rotatable bonds is 4. The fourth-order valence-corrected chi connectivity index (χ4v) is 10.6. The minimum atomic E-state index is 0.890. The summed E-state index contributed by atoms with van der Waals surface area (Å²) in [6, 6.07) is 70.7. The Morgan fingerprint density at radius 3 is 1.71 bits per heavy atom. The Morgan fingerprint density at radius 2 is 0.914 bits per heavy atom. The molecule has 0 amide bonds. The van der Waals surface area contributed by atoms with E-state index in [0.29, 0.717) is 0 Å². The molecule has 13 rings (SSSR count). The van der Waals surface area contributed by atoms with Crippen molar-refractivity contribution in [2.45, 2.75) is 0 Å². The monoisotopic (exact) mass is 756 g/mol. The molecule has 270 valence electrons. The predicted octanol–water partition coefficient (Wildman–Crippen LogP) is 15.5. The van der Waals surface area contributed by atoms with Gasteiger partial charge in [0.15, 0.2) is 0 Å². The molecule has 13 aromatic rings. The summed E-state index contributed by atoms with van der Waals surface area (Å²) in [6.07, 6.45) is 0. The maximum atomic E-state index is 6.57. The highest BCUT2D eigenvalue weighted by atomic mass is 32.1. The molecule has 0 saturated carbocycles. The second-order valence-corrected chi connectivity index (χ2v) is 16.4. The molecule has 4 heterocycles. The first kappa shape index (κ1) is 31.8. The van der Waals surface area contributed by atoms with Gasteiger partial charge in [-0.05, 0) is 113 Å². The van der Waals surface area contributed by atoms with Gasteiger partial charge in [-0.15, -0.1) is 11.3 Å². The minimum absolute atomic E-state index is 0.890. The van der Waals surface area contributed by atoms with Gasteiger partial charge >= 0.3 is 0 Å². The third kappa shape index (κ3) is 4.55. The van der Waals surface area contributed by atoms with Gasteiger partial charge < -0.3 is 13.6 Å². The zero-order valence-electron chi connectivity index (χ0n) is 31.2. The topological polar surface area (TPSA) is 23.0 Å². The molecule has 0 aliphatic rings. The van der Waals surface area contributed by atoms with Crippen molar-refractivity contribution in [3.63, 3.8) is 0 Å². The van der Waals surface area contributed by atoms with Gasteiger partial charge in [0, 0.05) is 63.9 Å². The predicted molar refractivity (Wildman–Crippen MR) is 246 cm³/mol. The van der Waals surface area contributed by atoms with Crippen LogP contribution in [0.15, 0.2) is 199 Å². The smallest absolute Gasteiger partial charge is 0.136 e. The number of hydrogen-bond acceptors (Lipinski definition) is 2. The lowest BCUT2D eigenvalue weighted by molar-refractivity contribution is 0.669. The zero-order valence-corrected chi connectivity index (χ0v) is 32.0. The number of nitrogens with zero attached hydrogens (tertiary/aromatic N) is 2. The van der Waals surface area contributed by atoms with E-state index in [2.05, 4.69) is 203 Å². The van der Waals surface area contributed by atoms with E-state index >= 15 is 0 Å². The summed E-state index contributed by atoms with van der Waals surface area (Å²) in [4.78, 5) is 0. The van der Waals surface area contributed by atoms with Gasteiger partial charge in [-0.25, -0.2) is 0 Å². The van der Waals surface area contributed by atoms with E-state index in [1.165, 1.54) is 80.5 Å². The summed E-state index contributed by atoms with van der Waals surface area (Å²) < 4.78 is 14.0. The van der Waals surface area contributed by atoms with E-state index in [-0.39, 0.29) is 0 Å². The number of aromatic nitrogens is 2. The van der Waals surface area contributed by atoms with Crippen molar-refractivity contribution in [1.82, 2.24) is 9.13 Å². The fourth-order valence-electron chi connectivity index (χ4n) is 9.52. The van der Waals surface area contributed by atoms with Crippen LogP contribution in [-0.2, 0) is 0 Å². The first-order valence-corrected chi connectivity index (χ1v) is 20.6. The Bertz CT molecular complexity index is 3790. The molecule has 0 bridgehead atoms. The van der Waals surface area contributed by atoms with Crippen LogP contribution in [0.3, 0.4) is 0 Å². The zero-order chi connectivity index (χ0) is 37.9. The van der Waals surface area contributed by atoms with Crippen LogP contribution >= 0.6 is 11.3 Å². The van der Waals surface area contributed by atoms with E-state index in [1.54, 1.807) is 0 Å². The summed E-state index contributed by atoms with van der Waals surface area (Å²) in [5, 5.41) is 9.87. The van der Waals surface area contributed by atoms with Crippen molar-refractivity contribution in [2.75, 3.05) is 0 Å². The third-order valence-electron chi connectivity index (χ3n) is 12.1. The van der Waals surface area contributed by atoms with Gasteiger partial charge in [0.1, 0.15) is 11.2 Å². The van der Waals surface area contributed by atoms with Gasteiger partial charge in [-0.2, -0.15) is 0 Å². The quantitative estimate of drug-likeness (QED) is 0.175. The van der Waals surface area contributed by atoms with E-state index < -0.39 is 0 Å². The molecule has 0 atom stereocenters. The van der Waals surface area contributed by atoms with Gasteiger partial charge in [0.25, 0.3) is 0 Å². The van der Waals surface area contributed by atoms with Gasteiger partial charge in [-0.3, -0.25) is 0 Å². The van der Waals surface area contributed by atoms with Crippen LogP contribution in [0, 0.1) is 0 Å². The number of benzene rings is 9. The van der Waals surface area contributed by atoms with Crippen molar-refractivity contribution in [2.24, 2.45) is 0 Å². The van der Waals surface area contributed by atoms with Crippen LogP contribution in [0.5, 0.6) is 0 Å². The second kappa shape index (κ2) is 12.1. The Kier molecular flexibility index (Phi) is 6.60. The number of para-hydroxylation sites is 3. The molecule has 0 aliphatic heterocycles. The molecule has 0 N–H and O–H groups in total. The number of hydrogen-bond donors (Lipinski definition) is 0. The lowest BCUT2D eigenvalue weighted by atomic mass is 9.96. The standard InChI is InChI=1S/C54H32N2OS/c1-3-12-36(13-4-1)55-46-19-9-7-16-39(46)41-30-35(23-26-47(41)55)38-18-11-20-51-54(38)45-29-34(24-27-50(45)57-51)33-22-25-48-42(28-33)43-31-44-40-17-8-10-21-52(40)58-53(44)32-49(43)56(48)37-14-5-2-6-15-37/h1-32H. The molecule has 0 unspecified atom stereocenters. The SMILES string of the molecule is c1ccc(-n2c3ccccc3c3cc(-c4cccc5oc6ccc(-c7ccc8c(c7)c7cc9c(cc7n8-c7ccccc7)sc7ccccc79)cc6c45)ccc32)cc1. The average molecular weight is 757 g/mol. The average Bonchev–Trinajstić information content (AvgIpc) is 4.03. The van der Waals surface area contributed by atoms with Gasteiger partial charge in [0.05, 0.1) is 22.1 Å². The van der Waals surface area contributed by atoms with Crippen molar-refractivity contribution >= 4 is 97.1 Å². The van der Waals surface area contributed by atoms with Crippen molar-refractivity contribution in [3.8, 4) is 33.6 Å². The molecule has 3 nitrogen and oxygen atoms in total. The van der Waals surface area contributed by atoms with Crippen LogP contribution in [-0.4, -0.2) is 9.13 Å². The molecule has 4 aromatic heterocycles. The van der Waals surface area contributed by atoms with Crippen molar-refractivity contribution in [1.29, 1.82) is 0 Å². The van der Waals surface area contributed by atoms with Crippen molar-refractivity contribution in [3.05, 3.63) is 194 Å². The van der Waals surface area contributed by atoms with E-state index in [1.807, 2.05) is 11.3 Å². The maximum Gasteiger partial charge on any atom is 0.136 e. The normalized spacial score (nSPS) is 12.1. The van der Waals surface area contributed by atoms with Crippen molar-refractivity contribution < 1.29 is 4.42 Å². The fraction of sp³-hybridized carbons (Fsp3) is 0. The highest BCUT2D eigenvalue weighted by Gasteiger charge is 2.19. The van der Waals surface area contributed by atoms with E-state index in [4.69, 9.17) is 4.42 Å². The number of fused-ring (bicyclic) bond motifs is 12. The highest BCUT2D eigenvalue weighted by Crippen LogP contribution is 2.44. The molecule has 0 radical (unpaired) electrons. The maximum absolute atomic E-state index is 6.57. The molecule has 0 saturated heterocycles. The van der Waals surface area contributed by atoms with Crippen LogP contribution < -0.4 is 0 Å². The Labute approximate surface area is 336 Å². The largest absolute Gasteiger partial charge is 0.456 e. The first-order valence-electron chi connectivity index (χ1n) is 19.7. The molecular weight excluding hydrogens is 725 g/mol. The highest BCUT2D eigenvalue weighted by molar-refractivity contribution is 7.25. The van der Waals surface area contributed by atoms with E-state index in [9.17, 15) is 0 Å². The number of furan rings is 1. The summed E-state index contributed by atoms with van der Waals surface area (Å²) in [6.45, 7) is 0. The lowest BCUT2D eigenvalue weighted by Crippen LogP contribution is -1.93. The number of thiophene rings is 1. The molecule has 9 aromatic carbocycles. The summed E-state index contributed by atoms with van der Waals surface area (Å²) in [7, 11) is 0. The lowest BCUT2D eigenvalue weighted by Gasteiger charge is -2.09. The Morgan fingerprint density at radius 1 is 0.328 bits per heavy atom. The van der Waals surface area contributed by atoms with Gasteiger partial charge in [0.2, 0.25) is 0 Å². The van der Waals surface area contributed by atoms with Crippen LogP contribution in [0.25, 0.3) is 119 Å². The minimum Gasteiger partial charge on any atom is -0.456 e. The van der Waals surface area contributed by atoms with Crippen LogP contribution in [0.2, 0.25) is 0 Å². The third-order valence-corrected chi connectivity index (χ3v) is 13.2. The molecular formula is C54H32N2OS. The molecule has 0 fully saturated rings. The first-order chi connectivity index (χ1) is 28.7. The Hall–Kier alpha value is -7.40. The van der Waals surface area contributed by atoms with Crippen LogP contribution in [0.1, 0.15) is 0 Å². The molecule has 0 aliphatic carbocycles. The summed E-state index contributed by atoms with van der Waals surface area (Å²) >= 11 is 1.87. The summed E-state index contributed by atoms with van der Waals surface area (Å²) in [5.74, 6) is 0. The van der Waals surface area contributed by atoms with E-state index in [0.717, 1.165) is 38.9 Å². The second-order valence-electron chi connectivity index (χ2n) is 15.3. The van der Waals surface area contributed by atoms with Crippen LogP contribution in [0.4, 0.5) is 0 Å². The van der Waals surface area contributed by atoms with Gasteiger partial charge in [-0.1, -0.05) is 103 Å². The molecule has 4 heteroatoms. The summed E-state index contributed by atoms with van der Waals surface area (Å²) in [5.41, 5.74) is 13.6. The molecule has 0 spiro atoms. The molecule has 58 heavy (non-hydrogen) atoms. The Balaban J connectivity index is 1.01.